The minimum Gasteiger partial charge on any atom is -0.510 e. The molecule has 0 aliphatic rings. The maximum Gasteiger partial charge on any atom is 0.275 e. The van der Waals surface area contributed by atoms with Gasteiger partial charge < -0.3 is 15.8 Å². The number of amides is 2. The van der Waals surface area contributed by atoms with E-state index in [1.54, 1.807) is 0 Å². The number of thiophene rings is 1. The van der Waals surface area contributed by atoms with Gasteiger partial charge in [0.15, 0.2) is 0 Å². The van der Waals surface area contributed by atoms with E-state index >= 15 is 0 Å². The van der Waals surface area contributed by atoms with Crippen molar-refractivity contribution < 1.29 is 14.7 Å². The third-order valence-corrected chi connectivity index (χ3v) is 2.97. The molecule has 1 aromatic rings. The summed E-state index contributed by atoms with van der Waals surface area (Å²) in [4.78, 5) is 23.4. The van der Waals surface area contributed by atoms with Crippen molar-refractivity contribution in [2.24, 2.45) is 5.84 Å². The standard InChI is InChI=1S/C10H12N4O3S/c11-4-3-6(15)5-13-9(16)7-1-2-8(18-7)10(17)14-12/h1-4,11,15H,5,12H2,(H,13,16)(H,14,17)/b6-3-,11-4?. The van der Waals surface area contributed by atoms with Crippen LogP contribution in [0.3, 0.4) is 0 Å². The van der Waals surface area contributed by atoms with Crippen LogP contribution in [0.2, 0.25) is 0 Å². The summed E-state index contributed by atoms with van der Waals surface area (Å²) in [6.07, 6.45) is 2.07. The first-order chi connectivity index (χ1) is 8.58. The van der Waals surface area contributed by atoms with E-state index in [0.717, 1.165) is 23.6 Å². The molecule has 1 rings (SSSR count). The quantitative estimate of drug-likeness (QED) is 0.171. The fourth-order valence-corrected chi connectivity index (χ4v) is 1.89. The van der Waals surface area contributed by atoms with Crippen LogP contribution in [0.1, 0.15) is 19.3 Å². The van der Waals surface area contributed by atoms with E-state index < -0.39 is 11.8 Å². The number of nitrogens with one attached hydrogen (secondary N) is 3. The Balaban J connectivity index is 2.62. The van der Waals surface area contributed by atoms with Crippen molar-refractivity contribution in [3.05, 3.63) is 33.7 Å². The Morgan fingerprint density at radius 1 is 1.39 bits per heavy atom. The summed E-state index contributed by atoms with van der Waals surface area (Å²) in [6.45, 7) is -0.0788. The van der Waals surface area contributed by atoms with E-state index in [2.05, 4.69) is 5.32 Å². The van der Waals surface area contributed by atoms with Crippen LogP contribution in [0.25, 0.3) is 0 Å². The van der Waals surface area contributed by atoms with Gasteiger partial charge in [-0.05, 0) is 18.2 Å². The number of hydrogen-bond acceptors (Lipinski definition) is 6. The van der Waals surface area contributed by atoms with Crippen LogP contribution < -0.4 is 16.6 Å². The van der Waals surface area contributed by atoms with Crippen LogP contribution in [0, 0.1) is 5.41 Å². The molecule has 96 valence electrons. The number of nitrogen functional groups attached to an aromatic ring is 1. The maximum absolute atomic E-state index is 11.6. The van der Waals surface area contributed by atoms with Gasteiger partial charge in [0, 0.05) is 6.21 Å². The highest BCUT2D eigenvalue weighted by atomic mass is 32.1. The van der Waals surface area contributed by atoms with Crippen LogP contribution in [-0.4, -0.2) is 29.7 Å². The first kappa shape index (κ1) is 13.9. The van der Waals surface area contributed by atoms with E-state index in [1.165, 1.54) is 12.1 Å². The Bertz CT molecular complexity index is 495. The van der Waals surface area contributed by atoms with Gasteiger partial charge in [-0.2, -0.15) is 0 Å². The number of carbonyl (C=O) groups excluding carboxylic acids is 2. The summed E-state index contributed by atoms with van der Waals surface area (Å²) in [5.41, 5.74) is 1.97. The Kier molecular flexibility index (Phi) is 5.03. The molecule has 0 aliphatic carbocycles. The first-order valence-corrected chi connectivity index (χ1v) is 5.67. The van der Waals surface area contributed by atoms with Crippen molar-refractivity contribution in [2.75, 3.05) is 6.54 Å². The van der Waals surface area contributed by atoms with Gasteiger partial charge in [0.2, 0.25) is 0 Å². The number of aliphatic hydroxyl groups is 1. The van der Waals surface area contributed by atoms with Gasteiger partial charge in [-0.1, -0.05) is 0 Å². The van der Waals surface area contributed by atoms with Crippen LogP contribution in [-0.2, 0) is 0 Å². The number of nitrogens with two attached hydrogens (primary N) is 1. The fourth-order valence-electron chi connectivity index (χ4n) is 1.07. The molecular weight excluding hydrogens is 256 g/mol. The van der Waals surface area contributed by atoms with Crippen molar-refractivity contribution in [3.63, 3.8) is 0 Å². The molecule has 0 bridgehead atoms. The van der Waals surface area contributed by atoms with Gasteiger partial charge >= 0.3 is 0 Å². The molecule has 0 fully saturated rings. The average Bonchev–Trinajstić information content (AvgIpc) is 2.85. The van der Waals surface area contributed by atoms with Gasteiger partial charge in [-0.3, -0.25) is 15.0 Å². The summed E-state index contributed by atoms with van der Waals surface area (Å²) in [5.74, 6) is 3.95. The second-order valence-corrected chi connectivity index (χ2v) is 4.23. The molecule has 0 spiro atoms. The zero-order chi connectivity index (χ0) is 13.5. The highest BCUT2D eigenvalue weighted by Crippen LogP contribution is 2.15. The zero-order valence-corrected chi connectivity index (χ0v) is 10.1. The minimum atomic E-state index is -0.467. The van der Waals surface area contributed by atoms with Crippen molar-refractivity contribution in [2.45, 2.75) is 0 Å². The molecule has 18 heavy (non-hydrogen) atoms. The van der Waals surface area contributed by atoms with E-state index in [4.69, 9.17) is 11.3 Å². The number of carbonyl (C=O) groups is 2. The van der Waals surface area contributed by atoms with Crippen LogP contribution >= 0.6 is 11.3 Å². The highest BCUT2D eigenvalue weighted by Gasteiger charge is 2.12. The third kappa shape index (κ3) is 3.68. The van der Waals surface area contributed by atoms with E-state index in [1.807, 2.05) is 5.43 Å². The topological polar surface area (TPSA) is 128 Å². The van der Waals surface area contributed by atoms with Gasteiger partial charge in [-0.15, -0.1) is 11.3 Å². The molecule has 1 aromatic heterocycles. The van der Waals surface area contributed by atoms with Gasteiger partial charge in [0.1, 0.15) is 5.76 Å². The van der Waals surface area contributed by atoms with E-state index in [9.17, 15) is 14.7 Å². The third-order valence-electron chi connectivity index (χ3n) is 1.89. The summed E-state index contributed by atoms with van der Waals surface area (Å²) < 4.78 is 0. The predicted molar refractivity (Wildman–Crippen MR) is 67.8 cm³/mol. The number of rotatable bonds is 5. The summed E-state index contributed by atoms with van der Waals surface area (Å²) in [7, 11) is 0. The molecule has 0 aliphatic heterocycles. The second-order valence-electron chi connectivity index (χ2n) is 3.14. The lowest BCUT2D eigenvalue weighted by atomic mass is 10.4. The predicted octanol–water partition coefficient (Wildman–Crippen LogP) is 0.173. The van der Waals surface area contributed by atoms with Crippen molar-refractivity contribution in [1.82, 2.24) is 10.7 Å². The fraction of sp³-hybridized carbons (Fsp3) is 0.100. The van der Waals surface area contributed by atoms with Crippen LogP contribution in [0.4, 0.5) is 0 Å². The molecule has 0 saturated heterocycles. The number of allylic oxidation sites excluding steroid dienone is 1. The SMILES string of the molecule is N=C/C=C(\O)CNC(=O)c1ccc(C(=O)NN)s1. The average molecular weight is 268 g/mol. The number of hydrogen-bond donors (Lipinski definition) is 5. The molecule has 7 nitrogen and oxygen atoms in total. The second kappa shape index (κ2) is 6.52. The van der Waals surface area contributed by atoms with Crippen molar-refractivity contribution in [1.29, 1.82) is 5.41 Å². The maximum atomic E-state index is 11.6. The monoisotopic (exact) mass is 268 g/mol. The number of aliphatic hydroxyl groups excluding tert-OH is 1. The highest BCUT2D eigenvalue weighted by molar-refractivity contribution is 7.15. The molecule has 0 saturated carbocycles. The normalized spacial score (nSPS) is 10.8. The molecule has 8 heteroatoms. The molecular formula is C10H12N4O3S. The Morgan fingerprint density at radius 3 is 2.56 bits per heavy atom. The van der Waals surface area contributed by atoms with Gasteiger partial charge in [0.05, 0.1) is 16.3 Å². The van der Waals surface area contributed by atoms with E-state index in [0.29, 0.717) is 9.75 Å². The molecule has 0 radical (unpaired) electrons. The smallest absolute Gasteiger partial charge is 0.275 e. The largest absolute Gasteiger partial charge is 0.510 e. The molecule has 0 aromatic carbocycles. The molecule has 2 amide bonds. The summed E-state index contributed by atoms with van der Waals surface area (Å²) in [6, 6.07) is 2.97. The van der Waals surface area contributed by atoms with Gasteiger partial charge in [-0.25, -0.2) is 5.84 Å². The van der Waals surface area contributed by atoms with E-state index in [-0.39, 0.29) is 12.3 Å². The Labute approximate surface area is 107 Å². The first-order valence-electron chi connectivity index (χ1n) is 4.86. The zero-order valence-electron chi connectivity index (χ0n) is 9.27. The minimum absolute atomic E-state index is 0.0788. The molecule has 0 unspecified atom stereocenters. The van der Waals surface area contributed by atoms with Crippen molar-refractivity contribution in [3.8, 4) is 0 Å². The Hall–Kier alpha value is -2.19. The molecule has 0 atom stereocenters. The lowest BCUT2D eigenvalue weighted by molar-refractivity contribution is 0.0950. The van der Waals surface area contributed by atoms with Gasteiger partial charge in [0.25, 0.3) is 11.8 Å². The lowest BCUT2D eigenvalue weighted by Crippen LogP contribution is -2.29. The number of hydrazine groups is 1. The van der Waals surface area contributed by atoms with Crippen molar-refractivity contribution >= 4 is 29.4 Å². The summed E-state index contributed by atoms with van der Waals surface area (Å²) in [5, 5.41) is 18.4. The van der Waals surface area contributed by atoms with Crippen LogP contribution in [0.5, 0.6) is 0 Å². The lowest BCUT2D eigenvalue weighted by Gasteiger charge is -2.01. The van der Waals surface area contributed by atoms with Crippen LogP contribution in [0.15, 0.2) is 24.0 Å². The Morgan fingerprint density at radius 2 is 2.00 bits per heavy atom. The summed E-state index contributed by atoms with van der Waals surface area (Å²) >= 11 is 0.989. The molecule has 6 N–H and O–H groups in total. The molecule has 1 heterocycles.